The monoisotopic (exact) mass is 362 g/mol. The standard InChI is InChI=1S/C23H26N2O2/c1-17-8-10-19(11-9-17)21(26)25-14-12-23(13-15-25)16-20(22(27)24(23)2)18-6-4-3-5-7-18/h3-11,20H,12-16H2,1-2H3/t20-/m1/s1. The Labute approximate surface area is 160 Å². The third-order valence-electron chi connectivity index (χ3n) is 6.41. The number of aryl methyl sites for hydroxylation is 1. The van der Waals surface area contributed by atoms with Crippen LogP contribution in [0.2, 0.25) is 0 Å². The van der Waals surface area contributed by atoms with Crippen molar-refractivity contribution in [2.75, 3.05) is 20.1 Å². The van der Waals surface area contributed by atoms with E-state index in [-0.39, 0.29) is 23.3 Å². The Hall–Kier alpha value is -2.62. The summed E-state index contributed by atoms with van der Waals surface area (Å²) in [5, 5.41) is 0. The maximum absolute atomic E-state index is 12.9. The largest absolute Gasteiger partial charge is 0.339 e. The van der Waals surface area contributed by atoms with E-state index < -0.39 is 0 Å². The molecule has 140 valence electrons. The van der Waals surface area contributed by atoms with Gasteiger partial charge in [-0.2, -0.15) is 0 Å². The number of likely N-dealkylation sites (tertiary alicyclic amines) is 2. The lowest BCUT2D eigenvalue weighted by atomic mass is 9.81. The van der Waals surface area contributed by atoms with E-state index in [1.165, 1.54) is 0 Å². The fraction of sp³-hybridized carbons (Fsp3) is 0.391. The summed E-state index contributed by atoms with van der Waals surface area (Å²) in [7, 11) is 1.93. The number of benzene rings is 2. The van der Waals surface area contributed by atoms with Gasteiger partial charge in [0.05, 0.1) is 5.92 Å². The highest BCUT2D eigenvalue weighted by Gasteiger charge is 2.50. The SMILES string of the molecule is Cc1ccc(C(=O)N2CCC3(CC2)C[C@H](c2ccccc2)C(=O)N3C)cc1. The molecule has 1 spiro atoms. The lowest BCUT2D eigenvalue weighted by Gasteiger charge is -2.43. The van der Waals surface area contributed by atoms with Gasteiger partial charge in [-0.1, -0.05) is 48.0 Å². The minimum absolute atomic E-state index is 0.0597. The molecule has 2 heterocycles. The van der Waals surface area contributed by atoms with E-state index in [1.807, 2.05) is 78.4 Å². The van der Waals surface area contributed by atoms with Gasteiger partial charge in [0.25, 0.3) is 5.91 Å². The number of carbonyl (C=O) groups excluding carboxylic acids is 2. The van der Waals surface area contributed by atoms with Crippen molar-refractivity contribution in [1.82, 2.24) is 9.80 Å². The van der Waals surface area contributed by atoms with E-state index in [0.29, 0.717) is 13.1 Å². The number of likely N-dealkylation sites (N-methyl/N-ethyl adjacent to an activating group) is 1. The molecule has 2 fully saturated rings. The van der Waals surface area contributed by atoms with Crippen LogP contribution in [-0.2, 0) is 4.79 Å². The summed E-state index contributed by atoms with van der Waals surface area (Å²) in [6, 6.07) is 17.8. The van der Waals surface area contributed by atoms with E-state index in [9.17, 15) is 9.59 Å². The Bertz CT molecular complexity index is 836. The summed E-state index contributed by atoms with van der Waals surface area (Å²) in [5.41, 5.74) is 2.88. The molecule has 4 rings (SSSR count). The van der Waals surface area contributed by atoms with Crippen molar-refractivity contribution in [2.24, 2.45) is 0 Å². The number of amides is 2. The molecule has 2 aromatic carbocycles. The van der Waals surface area contributed by atoms with Gasteiger partial charge in [-0.05, 0) is 43.9 Å². The van der Waals surface area contributed by atoms with Crippen molar-refractivity contribution in [3.8, 4) is 0 Å². The first kappa shape index (κ1) is 17.8. The molecule has 0 unspecified atom stereocenters. The van der Waals surface area contributed by atoms with Crippen LogP contribution in [-0.4, -0.2) is 47.3 Å². The van der Waals surface area contributed by atoms with E-state index in [2.05, 4.69) is 0 Å². The smallest absolute Gasteiger partial charge is 0.253 e. The van der Waals surface area contributed by atoms with Crippen LogP contribution in [0.1, 0.15) is 46.7 Å². The lowest BCUT2D eigenvalue weighted by molar-refractivity contribution is -0.131. The fourth-order valence-electron chi connectivity index (χ4n) is 4.56. The first-order chi connectivity index (χ1) is 13.0. The predicted molar refractivity (Wildman–Crippen MR) is 106 cm³/mol. The molecular weight excluding hydrogens is 336 g/mol. The van der Waals surface area contributed by atoms with E-state index in [0.717, 1.165) is 36.0 Å². The van der Waals surface area contributed by atoms with Crippen molar-refractivity contribution in [1.29, 1.82) is 0 Å². The van der Waals surface area contributed by atoms with Crippen molar-refractivity contribution < 1.29 is 9.59 Å². The van der Waals surface area contributed by atoms with Gasteiger partial charge in [-0.3, -0.25) is 9.59 Å². The van der Waals surface area contributed by atoms with Crippen LogP contribution in [0.5, 0.6) is 0 Å². The Morgan fingerprint density at radius 1 is 1.00 bits per heavy atom. The summed E-state index contributed by atoms with van der Waals surface area (Å²) in [6.07, 6.45) is 2.53. The minimum Gasteiger partial charge on any atom is -0.339 e. The summed E-state index contributed by atoms with van der Waals surface area (Å²) >= 11 is 0. The third kappa shape index (κ3) is 3.14. The number of piperidine rings is 1. The number of nitrogens with zero attached hydrogens (tertiary/aromatic N) is 2. The average Bonchev–Trinajstić information content (AvgIpc) is 2.95. The average molecular weight is 362 g/mol. The van der Waals surface area contributed by atoms with E-state index >= 15 is 0 Å². The highest BCUT2D eigenvalue weighted by Crippen LogP contribution is 2.44. The molecule has 4 heteroatoms. The Balaban J connectivity index is 1.47. The van der Waals surface area contributed by atoms with Crippen LogP contribution in [0.15, 0.2) is 54.6 Å². The fourth-order valence-corrected chi connectivity index (χ4v) is 4.56. The number of hydrogen-bond acceptors (Lipinski definition) is 2. The maximum Gasteiger partial charge on any atom is 0.253 e. The van der Waals surface area contributed by atoms with Gasteiger partial charge in [0.2, 0.25) is 5.91 Å². The second kappa shape index (κ2) is 6.84. The first-order valence-electron chi connectivity index (χ1n) is 9.69. The molecule has 27 heavy (non-hydrogen) atoms. The molecule has 2 aliphatic rings. The molecule has 1 atom stereocenters. The van der Waals surface area contributed by atoms with Crippen LogP contribution in [0.3, 0.4) is 0 Å². The Morgan fingerprint density at radius 3 is 2.26 bits per heavy atom. The summed E-state index contributed by atoms with van der Waals surface area (Å²) in [5.74, 6) is 0.242. The Kier molecular flexibility index (Phi) is 4.50. The highest BCUT2D eigenvalue weighted by molar-refractivity contribution is 5.94. The highest BCUT2D eigenvalue weighted by atomic mass is 16.2. The second-order valence-corrected chi connectivity index (χ2v) is 7.95. The van der Waals surface area contributed by atoms with Gasteiger partial charge in [-0.15, -0.1) is 0 Å². The lowest BCUT2D eigenvalue weighted by Crippen LogP contribution is -2.52. The topological polar surface area (TPSA) is 40.6 Å². The van der Waals surface area contributed by atoms with Gasteiger partial charge < -0.3 is 9.80 Å². The number of hydrogen-bond donors (Lipinski definition) is 0. The zero-order valence-electron chi connectivity index (χ0n) is 16.0. The van der Waals surface area contributed by atoms with Gasteiger partial charge in [0.1, 0.15) is 0 Å². The number of rotatable bonds is 2. The van der Waals surface area contributed by atoms with Gasteiger partial charge in [0, 0.05) is 31.2 Å². The first-order valence-corrected chi connectivity index (χ1v) is 9.69. The molecular formula is C23H26N2O2. The van der Waals surface area contributed by atoms with Gasteiger partial charge in [0.15, 0.2) is 0 Å². The Morgan fingerprint density at radius 2 is 1.63 bits per heavy atom. The summed E-state index contributed by atoms with van der Waals surface area (Å²) in [6.45, 7) is 3.42. The molecule has 0 saturated carbocycles. The second-order valence-electron chi connectivity index (χ2n) is 7.95. The predicted octanol–water partition coefficient (Wildman–Crippen LogP) is 3.62. The molecule has 2 aliphatic heterocycles. The molecule has 0 radical (unpaired) electrons. The van der Waals surface area contributed by atoms with Crippen molar-refractivity contribution in [3.63, 3.8) is 0 Å². The minimum atomic E-state index is -0.123. The van der Waals surface area contributed by atoms with Crippen LogP contribution in [0.4, 0.5) is 0 Å². The maximum atomic E-state index is 12.9. The molecule has 4 nitrogen and oxygen atoms in total. The van der Waals surface area contributed by atoms with Crippen molar-refractivity contribution >= 4 is 11.8 Å². The van der Waals surface area contributed by atoms with Gasteiger partial charge in [-0.25, -0.2) is 0 Å². The van der Waals surface area contributed by atoms with Crippen LogP contribution in [0.25, 0.3) is 0 Å². The van der Waals surface area contributed by atoms with Crippen LogP contribution < -0.4 is 0 Å². The van der Waals surface area contributed by atoms with E-state index in [1.54, 1.807) is 0 Å². The summed E-state index contributed by atoms with van der Waals surface area (Å²) in [4.78, 5) is 29.6. The molecule has 2 saturated heterocycles. The molecule has 0 aromatic heterocycles. The molecule has 0 N–H and O–H groups in total. The number of carbonyl (C=O) groups is 2. The third-order valence-corrected chi connectivity index (χ3v) is 6.41. The zero-order valence-corrected chi connectivity index (χ0v) is 16.0. The van der Waals surface area contributed by atoms with Crippen molar-refractivity contribution in [3.05, 3.63) is 71.3 Å². The van der Waals surface area contributed by atoms with Crippen molar-refractivity contribution in [2.45, 2.75) is 37.6 Å². The molecule has 2 aromatic rings. The van der Waals surface area contributed by atoms with Crippen LogP contribution in [0, 0.1) is 6.92 Å². The normalized spacial score (nSPS) is 21.7. The van der Waals surface area contributed by atoms with Crippen LogP contribution >= 0.6 is 0 Å². The van der Waals surface area contributed by atoms with Gasteiger partial charge >= 0.3 is 0 Å². The zero-order chi connectivity index (χ0) is 19.0. The molecule has 0 aliphatic carbocycles. The molecule has 2 amide bonds. The van der Waals surface area contributed by atoms with E-state index in [4.69, 9.17) is 0 Å². The molecule has 0 bridgehead atoms. The quantitative estimate of drug-likeness (QED) is 0.819. The summed E-state index contributed by atoms with van der Waals surface area (Å²) < 4.78 is 0.